The minimum absolute atomic E-state index is 0.0114. The van der Waals surface area contributed by atoms with E-state index in [0.29, 0.717) is 17.9 Å². The first-order valence-corrected chi connectivity index (χ1v) is 9.65. The van der Waals surface area contributed by atoms with Crippen LogP contribution in [0.1, 0.15) is 23.7 Å². The summed E-state index contributed by atoms with van der Waals surface area (Å²) in [5.41, 5.74) is -0.721. The number of carbonyl (C=O) groups excluding carboxylic acids is 2. The second-order valence-electron chi connectivity index (χ2n) is 6.22. The molecule has 2 aliphatic rings. The molecule has 2 heterocycles. The van der Waals surface area contributed by atoms with Gasteiger partial charge in [-0.25, -0.2) is 13.2 Å². The summed E-state index contributed by atoms with van der Waals surface area (Å²) in [7, 11) is -3.15. The first-order valence-electron chi connectivity index (χ1n) is 7.45. The van der Waals surface area contributed by atoms with Gasteiger partial charge < -0.3 is 19.5 Å². The summed E-state index contributed by atoms with van der Waals surface area (Å²) in [4.78, 5) is 24.0. The molecule has 0 aliphatic carbocycles. The van der Waals surface area contributed by atoms with Crippen molar-refractivity contribution in [1.29, 1.82) is 0 Å². The molecule has 10 heteroatoms. The molecule has 0 radical (unpaired) electrons. The summed E-state index contributed by atoms with van der Waals surface area (Å²) in [6, 6.07) is 2.78. The topological polar surface area (TPSA) is 108 Å². The van der Waals surface area contributed by atoms with Crippen LogP contribution >= 0.6 is 11.6 Å². The Kier molecular flexibility index (Phi) is 4.54. The van der Waals surface area contributed by atoms with Gasteiger partial charge >= 0.3 is 5.97 Å². The van der Waals surface area contributed by atoms with Gasteiger partial charge in [-0.1, -0.05) is 11.6 Å². The number of hydrogen-bond donors (Lipinski definition) is 1. The van der Waals surface area contributed by atoms with Crippen LogP contribution in [0.3, 0.4) is 0 Å². The van der Waals surface area contributed by atoms with Crippen molar-refractivity contribution >= 4 is 33.3 Å². The average Bonchev–Trinajstić information content (AvgIpc) is 3.09. The van der Waals surface area contributed by atoms with Crippen molar-refractivity contribution in [2.75, 3.05) is 24.9 Å². The van der Waals surface area contributed by atoms with Gasteiger partial charge in [-0.15, -0.1) is 0 Å². The molecule has 1 fully saturated rings. The fourth-order valence-electron chi connectivity index (χ4n) is 2.78. The van der Waals surface area contributed by atoms with E-state index < -0.39 is 33.9 Å². The molecule has 0 bridgehead atoms. The van der Waals surface area contributed by atoms with E-state index in [4.69, 9.17) is 25.8 Å². The lowest BCUT2D eigenvalue weighted by Gasteiger charge is -2.23. The predicted molar refractivity (Wildman–Crippen MR) is 87.7 cm³/mol. The normalized spacial score (nSPS) is 23.3. The second-order valence-corrected chi connectivity index (χ2v) is 8.81. The quantitative estimate of drug-likeness (QED) is 0.762. The summed E-state index contributed by atoms with van der Waals surface area (Å²) in [6.45, 7) is 1.13. The van der Waals surface area contributed by atoms with E-state index in [0.717, 1.165) is 0 Å². The molecule has 136 valence electrons. The standard InChI is InChI=1S/C15H16ClNO7S/c1-15(2-3-25(20,21)7-15)17-12(18)6-22-14(19)9-4-10(16)13-11(5-9)23-8-24-13/h4-5H,2-3,6-8H2,1H3,(H,17,18)/t15-/m0/s1. The van der Waals surface area contributed by atoms with E-state index in [1.54, 1.807) is 6.92 Å². The number of rotatable bonds is 4. The summed E-state index contributed by atoms with van der Waals surface area (Å²) in [5, 5.41) is 2.81. The van der Waals surface area contributed by atoms with Gasteiger partial charge in [-0.2, -0.15) is 0 Å². The lowest BCUT2D eigenvalue weighted by molar-refractivity contribution is -0.125. The SMILES string of the molecule is C[C@]1(NC(=O)COC(=O)c2cc(Cl)c3c(c2)OCO3)CCS(=O)(=O)C1. The maximum atomic E-state index is 12.1. The van der Waals surface area contributed by atoms with Crippen molar-refractivity contribution in [1.82, 2.24) is 5.32 Å². The zero-order valence-electron chi connectivity index (χ0n) is 13.3. The molecule has 1 aromatic rings. The van der Waals surface area contributed by atoms with Gasteiger partial charge in [-0.3, -0.25) is 4.79 Å². The number of sulfone groups is 1. The van der Waals surface area contributed by atoms with Crippen LogP contribution in [-0.2, 0) is 19.4 Å². The number of halogens is 1. The number of benzene rings is 1. The van der Waals surface area contributed by atoms with Gasteiger partial charge in [-0.05, 0) is 25.5 Å². The number of amides is 1. The highest BCUT2D eigenvalue weighted by Crippen LogP contribution is 2.39. The molecule has 1 aromatic carbocycles. The largest absolute Gasteiger partial charge is 0.454 e. The second kappa shape index (κ2) is 6.38. The molecule has 1 N–H and O–H groups in total. The number of nitrogens with one attached hydrogen (secondary N) is 1. The van der Waals surface area contributed by atoms with Crippen LogP contribution in [0.15, 0.2) is 12.1 Å². The van der Waals surface area contributed by atoms with E-state index in [9.17, 15) is 18.0 Å². The van der Waals surface area contributed by atoms with Crippen molar-refractivity contribution in [2.24, 2.45) is 0 Å². The van der Waals surface area contributed by atoms with Gasteiger partial charge in [0.1, 0.15) is 0 Å². The van der Waals surface area contributed by atoms with Crippen LogP contribution in [-0.4, -0.2) is 50.7 Å². The third-order valence-electron chi connectivity index (χ3n) is 3.94. The molecule has 0 saturated carbocycles. The Balaban J connectivity index is 1.58. The lowest BCUT2D eigenvalue weighted by atomic mass is 10.0. The molecule has 8 nitrogen and oxygen atoms in total. The van der Waals surface area contributed by atoms with Gasteiger partial charge in [0.15, 0.2) is 27.9 Å². The Morgan fingerprint density at radius 2 is 2.12 bits per heavy atom. The summed E-state index contributed by atoms with van der Waals surface area (Å²) < 4.78 is 38.3. The van der Waals surface area contributed by atoms with Crippen LogP contribution in [0, 0.1) is 0 Å². The molecule has 1 atom stereocenters. The van der Waals surface area contributed by atoms with Crippen LogP contribution in [0.4, 0.5) is 0 Å². The number of fused-ring (bicyclic) bond motifs is 1. The molecular weight excluding hydrogens is 374 g/mol. The molecule has 3 rings (SSSR count). The van der Waals surface area contributed by atoms with E-state index >= 15 is 0 Å². The monoisotopic (exact) mass is 389 g/mol. The number of ether oxygens (including phenoxy) is 3. The van der Waals surface area contributed by atoms with Crippen molar-refractivity contribution in [2.45, 2.75) is 18.9 Å². The Bertz CT molecular complexity index is 839. The molecule has 1 saturated heterocycles. The maximum absolute atomic E-state index is 12.1. The van der Waals surface area contributed by atoms with Crippen molar-refractivity contribution < 1.29 is 32.2 Å². The van der Waals surface area contributed by atoms with Crippen LogP contribution in [0.2, 0.25) is 5.02 Å². The highest BCUT2D eigenvalue weighted by Gasteiger charge is 2.39. The first-order chi connectivity index (χ1) is 11.7. The highest BCUT2D eigenvalue weighted by atomic mass is 35.5. The third-order valence-corrected chi connectivity index (χ3v) is 6.13. The van der Waals surface area contributed by atoms with Crippen LogP contribution in [0.5, 0.6) is 11.5 Å². The summed E-state index contributed by atoms with van der Waals surface area (Å²) in [6.07, 6.45) is 0.326. The molecule has 1 amide bonds. The number of carbonyl (C=O) groups is 2. The lowest BCUT2D eigenvalue weighted by Crippen LogP contribution is -2.48. The van der Waals surface area contributed by atoms with E-state index in [-0.39, 0.29) is 28.9 Å². The van der Waals surface area contributed by atoms with Crippen LogP contribution in [0.25, 0.3) is 0 Å². The third kappa shape index (κ3) is 3.98. The molecule has 0 unspecified atom stereocenters. The maximum Gasteiger partial charge on any atom is 0.338 e. The fourth-order valence-corrected chi connectivity index (χ4v) is 5.14. The van der Waals surface area contributed by atoms with Gasteiger partial charge in [0.2, 0.25) is 6.79 Å². The van der Waals surface area contributed by atoms with Gasteiger partial charge in [0.25, 0.3) is 5.91 Å². The molecule has 2 aliphatic heterocycles. The first kappa shape index (κ1) is 17.8. The fraction of sp³-hybridized carbons (Fsp3) is 0.467. The van der Waals surface area contributed by atoms with Crippen molar-refractivity contribution in [3.05, 3.63) is 22.7 Å². The minimum Gasteiger partial charge on any atom is -0.454 e. The van der Waals surface area contributed by atoms with Crippen LogP contribution < -0.4 is 14.8 Å². The average molecular weight is 390 g/mol. The number of hydrogen-bond acceptors (Lipinski definition) is 7. The summed E-state index contributed by atoms with van der Waals surface area (Å²) in [5.74, 6) is -0.741. The zero-order valence-corrected chi connectivity index (χ0v) is 14.9. The Labute approximate surface area is 149 Å². The van der Waals surface area contributed by atoms with Gasteiger partial charge in [0, 0.05) is 0 Å². The summed E-state index contributed by atoms with van der Waals surface area (Å²) >= 11 is 5.99. The minimum atomic E-state index is -3.15. The molecule has 25 heavy (non-hydrogen) atoms. The predicted octanol–water partition coefficient (Wildman–Crippen LogP) is 0.919. The Morgan fingerprint density at radius 3 is 2.80 bits per heavy atom. The smallest absolute Gasteiger partial charge is 0.338 e. The molecular formula is C15H16ClNO7S. The molecule has 0 spiro atoms. The van der Waals surface area contributed by atoms with Gasteiger partial charge in [0.05, 0.1) is 27.6 Å². The zero-order chi connectivity index (χ0) is 18.2. The Morgan fingerprint density at radius 1 is 1.36 bits per heavy atom. The van der Waals surface area contributed by atoms with E-state index in [2.05, 4.69) is 5.32 Å². The van der Waals surface area contributed by atoms with E-state index in [1.165, 1.54) is 12.1 Å². The highest BCUT2D eigenvalue weighted by molar-refractivity contribution is 7.91. The Hall–Kier alpha value is -2.00. The van der Waals surface area contributed by atoms with Crippen molar-refractivity contribution in [3.63, 3.8) is 0 Å². The van der Waals surface area contributed by atoms with E-state index in [1.807, 2.05) is 0 Å². The van der Waals surface area contributed by atoms with Crippen molar-refractivity contribution in [3.8, 4) is 11.5 Å². The number of esters is 1. The molecule has 0 aromatic heterocycles.